The van der Waals surface area contributed by atoms with Gasteiger partial charge in [0.15, 0.2) is 5.82 Å². The van der Waals surface area contributed by atoms with E-state index in [1.54, 1.807) is 25.3 Å². The van der Waals surface area contributed by atoms with E-state index in [2.05, 4.69) is 15.2 Å². The lowest BCUT2D eigenvalue weighted by Crippen LogP contribution is -2.00. The van der Waals surface area contributed by atoms with Gasteiger partial charge in [-0.2, -0.15) is 5.10 Å². The van der Waals surface area contributed by atoms with Gasteiger partial charge in [-0.05, 0) is 18.2 Å². The summed E-state index contributed by atoms with van der Waals surface area (Å²) in [6, 6.07) is 5.12. The van der Waals surface area contributed by atoms with E-state index in [0.29, 0.717) is 22.8 Å². The van der Waals surface area contributed by atoms with E-state index < -0.39 is 0 Å². The first-order valence-corrected chi connectivity index (χ1v) is 4.29. The van der Waals surface area contributed by atoms with Gasteiger partial charge in [-0.15, -0.1) is 0 Å². The first kappa shape index (κ1) is 9.32. The molecule has 4 N–H and O–H groups in total. The monoisotopic (exact) mass is 206 g/mol. The molecule has 0 fully saturated rings. The van der Waals surface area contributed by atoms with Crippen LogP contribution >= 0.6 is 0 Å². The molecule has 2 aromatic rings. The molecule has 0 bridgehead atoms. The molecule has 1 aromatic carbocycles. The van der Waals surface area contributed by atoms with Crippen LogP contribution in [0.25, 0.3) is 11.4 Å². The number of hydrogen-bond acceptors (Lipinski definition) is 4. The van der Waals surface area contributed by atoms with Gasteiger partial charge in [0.2, 0.25) is 0 Å². The van der Waals surface area contributed by atoms with Gasteiger partial charge in [-0.1, -0.05) is 0 Å². The van der Waals surface area contributed by atoms with Gasteiger partial charge in [0.1, 0.15) is 5.75 Å². The van der Waals surface area contributed by atoms with Crippen LogP contribution in [-0.4, -0.2) is 22.3 Å². The van der Waals surface area contributed by atoms with Crippen molar-refractivity contribution in [2.24, 2.45) is 0 Å². The second-order valence-electron chi connectivity index (χ2n) is 2.99. The molecule has 0 atom stereocenters. The Bertz CT molecular complexity index is 529. The lowest BCUT2D eigenvalue weighted by atomic mass is 10.1. The molecule has 0 aliphatic heterocycles. The summed E-state index contributed by atoms with van der Waals surface area (Å²) < 4.78 is 5.13. The van der Waals surface area contributed by atoms with Crippen LogP contribution in [0.2, 0.25) is 0 Å². The molecule has 0 saturated heterocycles. The summed E-state index contributed by atoms with van der Waals surface area (Å²) >= 11 is 0. The van der Waals surface area contributed by atoms with Crippen molar-refractivity contribution < 1.29 is 4.74 Å². The quantitative estimate of drug-likeness (QED) is 0.618. The summed E-state index contributed by atoms with van der Waals surface area (Å²) in [5.41, 5.74) is 6.50. The van der Waals surface area contributed by atoms with Crippen molar-refractivity contribution in [2.75, 3.05) is 12.8 Å². The summed E-state index contributed by atoms with van der Waals surface area (Å²) in [5, 5.41) is 6.09. The molecule has 0 unspecified atom stereocenters. The Kier molecular flexibility index (Phi) is 2.17. The number of nitrogens with zero attached hydrogens (tertiary/aromatic N) is 1. The largest absolute Gasteiger partial charge is 0.496 e. The van der Waals surface area contributed by atoms with E-state index in [4.69, 9.17) is 10.5 Å². The number of nitrogens with two attached hydrogens (primary N) is 1. The Morgan fingerprint density at radius 3 is 2.87 bits per heavy atom. The Hall–Kier alpha value is -2.24. The summed E-state index contributed by atoms with van der Waals surface area (Å²) in [6.45, 7) is 0. The number of H-pyrrole nitrogens is 2. The molecule has 15 heavy (non-hydrogen) atoms. The predicted molar refractivity (Wildman–Crippen MR) is 55.6 cm³/mol. The minimum absolute atomic E-state index is 0.366. The Morgan fingerprint density at radius 2 is 2.27 bits per heavy atom. The SMILES string of the molecule is COc1ccc(N)cc1-c1n[nH]c(=O)[nH]1. The second-order valence-corrected chi connectivity index (χ2v) is 2.99. The standard InChI is InChI=1S/C9H10N4O2/c1-15-7-3-2-5(10)4-6(7)8-11-9(14)13-12-8/h2-4H,10H2,1H3,(H2,11,12,13,14). The smallest absolute Gasteiger partial charge is 0.340 e. The first-order valence-electron chi connectivity index (χ1n) is 4.29. The van der Waals surface area contributed by atoms with E-state index in [0.717, 1.165) is 0 Å². The average molecular weight is 206 g/mol. The fraction of sp³-hybridized carbons (Fsp3) is 0.111. The van der Waals surface area contributed by atoms with Gasteiger partial charge in [-0.3, -0.25) is 4.98 Å². The number of nitrogens with one attached hydrogen (secondary N) is 2. The average Bonchev–Trinajstić information content (AvgIpc) is 2.65. The molecular weight excluding hydrogens is 196 g/mol. The Labute approximate surface area is 85.1 Å². The zero-order valence-electron chi connectivity index (χ0n) is 8.07. The summed E-state index contributed by atoms with van der Waals surface area (Å²) in [4.78, 5) is 13.4. The van der Waals surface area contributed by atoms with E-state index in [1.165, 1.54) is 0 Å². The van der Waals surface area contributed by atoms with E-state index in [-0.39, 0.29) is 5.69 Å². The van der Waals surface area contributed by atoms with E-state index >= 15 is 0 Å². The van der Waals surface area contributed by atoms with Crippen LogP contribution in [0.15, 0.2) is 23.0 Å². The third-order valence-electron chi connectivity index (χ3n) is 1.98. The van der Waals surface area contributed by atoms with Crippen LogP contribution in [0, 0.1) is 0 Å². The predicted octanol–water partition coefficient (Wildman–Crippen LogP) is 0.356. The molecule has 1 aromatic heterocycles. The van der Waals surface area contributed by atoms with Crippen molar-refractivity contribution in [3.63, 3.8) is 0 Å². The molecule has 0 spiro atoms. The minimum atomic E-state index is -0.366. The zero-order valence-corrected chi connectivity index (χ0v) is 8.07. The van der Waals surface area contributed by atoms with Gasteiger partial charge < -0.3 is 10.5 Å². The molecule has 0 radical (unpaired) electrons. The van der Waals surface area contributed by atoms with Gasteiger partial charge in [-0.25, -0.2) is 9.89 Å². The third-order valence-corrected chi connectivity index (χ3v) is 1.98. The lowest BCUT2D eigenvalue weighted by Gasteiger charge is -2.05. The Balaban J connectivity index is 2.59. The van der Waals surface area contributed by atoms with Gasteiger partial charge in [0.25, 0.3) is 0 Å². The highest BCUT2D eigenvalue weighted by atomic mass is 16.5. The normalized spacial score (nSPS) is 10.2. The Morgan fingerprint density at radius 1 is 1.47 bits per heavy atom. The first-order chi connectivity index (χ1) is 7.20. The number of nitrogen functional groups attached to an aromatic ring is 1. The molecule has 0 aliphatic rings. The summed E-state index contributed by atoms with van der Waals surface area (Å²) in [7, 11) is 1.54. The number of aromatic amines is 2. The van der Waals surface area contributed by atoms with E-state index in [9.17, 15) is 4.79 Å². The fourth-order valence-corrected chi connectivity index (χ4v) is 1.31. The number of aromatic nitrogens is 3. The molecule has 0 saturated carbocycles. The van der Waals surface area contributed by atoms with Gasteiger partial charge >= 0.3 is 5.69 Å². The molecule has 0 amide bonds. The van der Waals surface area contributed by atoms with Crippen molar-refractivity contribution in [3.8, 4) is 17.1 Å². The molecule has 2 rings (SSSR count). The minimum Gasteiger partial charge on any atom is -0.496 e. The molecular formula is C9H10N4O2. The van der Waals surface area contributed by atoms with Crippen molar-refractivity contribution in [1.29, 1.82) is 0 Å². The lowest BCUT2D eigenvalue weighted by molar-refractivity contribution is 0.416. The number of anilines is 1. The number of methoxy groups -OCH3 is 1. The van der Waals surface area contributed by atoms with Crippen LogP contribution in [0.5, 0.6) is 5.75 Å². The highest BCUT2D eigenvalue weighted by molar-refractivity contribution is 5.68. The van der Waals surface area contributed by atoms with Crippen LogP contribution in [-0.2, 0) is 0 Å². The highest BCUT2D eigenvalue weighted by Crippen LogP contribution is 2.28. The van der Waals surface area contributed by atoms with Crippen molar-refractivity contribution in [1.82, 2.24) is 15.2 Å². The van der Waals surface area contributed by atoms with Gasteiger partial charge in [0, 0.05) is 5.69 Å². The molecule has 0 aliphatic carbocycles. The second kappa shape index (κ2) is 3.49. The maximum Gasteiger partial charge on any atom is 0.340 e. The van der Waals surface area contributed by atoms with E-state index in [1.807, 2.05) is 0 Å². The number of ether oxygens (including phenoxy) is 1. The molecule has 1 heterocycles. The fourth-order valence-electron chi connectivity index (χ4n) is 1.31. The van der Waals surface area contributed by atoms with Crippen LogP contribution in [0.1, 0.15) is 0 Å². The molecule has 6 nitrogen and oxygen atoms in total. The number of rotatable bonds is 2. The number of benzene rings is 1. The number of hydrogen-bond donors (Lipinski definition) is 3. The maximum absolute atomic E-state index is 10.9. The van der Waals surface area contributed by atoms with Crippen LogP contribution < -0.4 is 16.2 Å². The highest BCUT2D eigenvalue weighted by Gasteiger charge is 2.09. The summed E-state index contributed by atoms with van der Waals surface area (Å²) in [6.07, 6.45) is 0. The topological polar surface area (TPSA) is 96.8 Å². The van der Waals surface area contributed by atoms with Crippen molar-refractivity contribution >= 4 is 5.69 Å². The van der Waals surface area contributed by atoms with Crippen LogP contribution in [0.3, 0.4) is 0 Å². The molecule has 78 valence electrons. The van der Waals surface area contributed by atoms with Crippen molar-refractivity contribution in [2.45, 2.75) is 0 Å². The van der Waals surface area contributed by atoms with Gasteiger partial charge in [0.05, 0.1) is 12.7 Å². The molecule has 6 heteroatoms. The van der Waals surface area contributed by atoms with Crippen molar-refractivity contribution in [3.05, 3.63) is 28.7 Å². The summed E-state index contributed by atoms with van der Waals surface area (Å²) in [5.74, 6) is 1.01. The third kappa shape index (κ3) is 1.69. The maximum atomic E-state index is 10.9. The van der Waals surface area contributed by atoms with Crippen LogP contribution in [0.4, 0.5) is 5.69 Å². The zero-order chi connectivity index (χ0) is 10.8.